The van der Waals surface area contributed by atoms with Crippen LogP contribution in [0.4, 0.5) is 10.1 Å². The molecular formula is C26H28ClFN3O. The summed E-state index contributed by atoms with van der Waals surface area (Å²) in [6, 6.07) is 14.6. The van der Waals surface area contributed by atoms with E-state index in [-0.39, 0.29) is 17.0 Å². The second kappa shape index (κ2) is 9.24. The number of aromatic nitrogens is 1. The summed E-state index contributed by atoms with van der Waals surface area (Å²) in [5.41, 5.74) is 2.69. The number of pyridine rings is 1. The molecule has 1 saturated carbocycles. The van der Waals surface area contributed by atoms with Gasteiger partial charge in [0.1, 0.15) is 0 Å². The van der Waals surface area contributed by atoms with Crippen LogP contribution in [-0.4, -0.2) is 40.7 Å². The summed E-state index contributed by atoms with van der Waals surface area (Å²) in [6.45, 7) is 3.46. The summed E-state index contributed by atoms with van der Waals surface area (Å²) in [4.78, 5) is 6.98. The maximum absolute atomic E-state index is 14.4. The highest BCUT2D eigenvalue weighted by Gasteiger charge is 2.34. The summed E-state index contributed by atoms with van der Waals surface area (Å²) in [5.74, 6) is -0.485. The molecular weight excluding hydrogens is 425 g/mol. The molecule has 6 heteroatoms. The maximum atomic E-state index is 14.4. The number of fused-ring (bicyclic) bond motifs is 1. The summed E-state index contributed by atoms with van der Waals surface area (Å²) >= 11 is 6.17. The lowest BCUT2D eigenvalue weighted by Crippen LogP contribution is -2.38. The molecule has 1 aliphatic carbocycles. The summed E-state index contributed by atoms with van der Waals surface area (Å²) in [7, 11) is 0. The molecule has 167 valence electrons. The van der Waals surface area contributed by atoms with Gasteiger partial charge in [0.25, 0.3) is 0 Å². The van der Waals surface area contributed by atoms with Crippen LogP contribution in [0.2, 0.25) is 5.02 Å². The SMILES string of the molecule is Oc1c(F)cc(C2C[C@H](CN3CCCC3)CC[C@H]2Nc2[c]cnc3ccccc23)cc1Cl. The van der Waals surface area contributed by atoms with E-state index in [0.717, 1.165) is 48.0 Å². The highest BCUT2D eigenvalue weighted by molar-refractivity contribution is 6.32. The number of hydrogen-bond donors (Lipinski definition) is 2. The first-order valence-electron chi connectivity index (χ1n) is 11.5. The number of rotatable bonds is 5. The molecule has 1 aromatic heterocycles. The molecule has 0 spiro atoms. The zero-order valence-electron chi connectivity index (χ0n) is 18.0. The lowest BCUT2D eigenvalue weighted by atomic mass is 9.74. The van der Waals surface area contributed by atoms with Gasteiger partial charge >= 0.3 is 0 Å². The normalized spacial score (nSPS) is 24.1. The average molecular weight is 453 g/mol. The van der Waals surface area contributed by atoms with Crippen molar-refractivity contribution in [2.24, 2.45) is 5.92 Å². The van der Waals surface area contributed by atoms with Crippen LogP contribution in [0.15, 0.2) is 42.6 Å². The van der Waals surface area contributed by atoms with Crippen molar-refractivity contribution in [1.82, 2.24) is 9.88 Å². The van der Waals surface area contributed by atoms with Gasteiger partial charge in [-0.15, -0.1) is 0 Å². The lowest BCUT2D eigenvalue weighted by Gasteiger charge is -2.39. The topological polar surface area (TPSA) is 48.4 Å². The fourth-order valence-corrected chi connectivity index (χ4v) is 5.66. The number of phenolic OH excluding ortho intramolecular Hbond substituents is 1. The first kappa shape index (κ1) is 21.5. The van der Waals surface area contributed by atoms with Gasteiger partial charge in [0, 0.05) is 36.2 Å². The van der Waals surface area contributed by atoms with Crippen molar-refractivity contribution in [3.8, 4) is 5.75 Å². The Morgan fingerprint density at radius 1 is 1.19 bits per heavy atom. The molecule has 32 heavy (non-hydrogen) atoms. The summed E-state index contributed by atoms with van der Waals surface area (Å²) < 4.78 is 14.4. The van der Waals surface area contributed by atoms with Gasteiger partial charge in [-0.25, -0.2) is 4.39 Å². The van der Waals surface area contributed by atoms with Crippen molar-refractivity contribution in [2.75, 3.05) is 25.0 Å². The monoisotopic (exact) mass is 452 g/mol. The molecule has 2 aliphatic rings. The number of aromatic hydroxyl groups is 1. The van der Waals surface area contributed by atoms with Gasteiger partial charge in [-0.2, -0.15) is 0 Å². The molecule has 4 nitrogen and oxygen atoms in total. The second-order valence-corrected chi connectivity index (χ2v) is 9.58. The highest BCUT2D eigenvalue weighted by Crippen LogP contribution is 2.41. The fraction of sp³-hybridized carbons (Fsp3) is 0.423. The van der Waals surface area contributed by atoms with Crippen molar-refractivity contribution < 1.29 is 9.50 Å². The number of anilines is 1. The number of phenols is 1. The van der Waals surface area contributed by atoms with Crippen LogP contribution in [-0.2, 0) is 0 Å². The van der Waals surface area contributed by atoms with Crippen molar-refractivity contribution in [1.29, 1.82) is 0 Å². The van der Waals surface area contributed by atoms with Crippen LogP contribution in [0, 0.1) is 17.8 Å². The number of benzene rings is 2. The number of nitrogens with zero attached hydrogens (tertiary/aromatic N) is 2. The number of halogens is 2. The zero-order valence-corrected chi connectivity index (χ0v) is 18.8. The van der Waals surface area contributed by atoms with Gasteiger partial charge in [0.15, 0.2) is 11.6 Å². The molecule has 3 atom stereocenters. The Kier molecular flexibility index (Phi) is 6.20. The highest BCUT2D eigenvalue weighted by atomic mass is 35.5. The van der Waals surface area contributed by atoms with E-state index in [1.165, 1.54) is 32.0 Å². The van der Waals surface area contributed by atoms with E-state index < -0.39 is 11.6 Å². The van der Waals surface area contributed by atoms with E-state index in [2.05, 4.69) is 21.3 Å². The number of hydrogen-bond acceptors (Lipinski definition) is 4. The fourth-order valence-electron chi connectivity index (χ4n) is 5.44. The van der Waals surface area contributed by atoms with Gasteiger partial charge in [-0.1, -0.05) is 29.8 Å². The molecule has 1 unspecified atom stereocenters. The quantitative estimate of drug-likeness (QED) is 0.499. The van der Waals surface area contributed by atoms with Crippen LogP contribution in [0.1, 0.15) is 43.6 Å². The minimum Gasteiger partial charge on any atom is -0.504 e. The molecule has 5 rings (SSSR count). The largest absolute Gasteiger partial charge is 0.504 e. The number of nitrogens with one attached hydrogen (secondary N) is 1. The first-order chi connectivity index (χ1) is 15.6. The molecule has 1 saturated heterocycles. The maximum Gasteiger partial charge on any atom is 0.170 e. The Bertz CT molecular complexity index is 1070. The third kappa shape index (κ3) is 4.41. The third-order valence-electron chi connectivity index (χ3n) is 7.06. The number of likely N-dealkylation sites (tertiary alicyclic amines) is 1. The first-order valence-corrected chi connectivity index (χ1v) is 11.9. The molecule has 3 aromatic rings. The molecule has 2 heterocycles. The molecule has 2 aromatic carbocycles. The summed E-state index contributed by atoms with van der Waals surface area (Å²) in [6.07, 6.45) is 7.33. The Morgan fingerprint density at radius 3 is 2.81 bits per heavy atom. The molecule has 2 N–H and O–H groups in total. The zero-order chi connectivity index (χ0) is 22.1. The lowest BCUT2D eigenvalue weighted by molar-refractivity contribution is 0.213. The van der Waals surface area contributed by atoms with Gasteiger partial charge in [-0.3, -0.25) is 4.98 Å². The molecule has 1 aliphatic heterocycles. The van der Waals surface area contributed by atoms with Crippen molar-refractivity contribution in [3.05, 3.63) is 65.1 Å². The van der Waals surface area contributed by atoms with E-state index >= 15 is 0 Å². The predicted molar refractivity (Wildman–Crippen MR) is 127 cm³/mol. The molecule has 0 amide bonds. The molecule has 0 bridgehead atoms. The standard InChI is InChI=1S/C26H28ClFN3O/c27-21-14-18(15-22(28)26(21)32)20-13-17(16-31-11-3-4-12-31)7-8-24(20)30-25-9-10-29-23-6-2-1-5-19(23)25/h1-2,5-6,10,14-15,17,20,24,32H,3-4,7-8,11-13,16H2,(H,29,30)/t17-,20?,24-/m1/s1. The Balaban J connectivity index is 1.44. The van der Waals surface area contributed by atoms with E-state index in [4.69, 9.17) is 11.6 Å². The minimum atomic E-state index is -0.658. The van der Waals surface area contributed by atoms with Gasteiger partial charge in [0.05, 0.1) is 16.2 Å². The third-order valence-corrected chi connectivity index (χ3v) is 7.35. The molecule has 2 fully saturated rings. The van der Waals surface area contributed by atoms with Crippen LogP contribution in [0.25, 0.3) is 10.9 Å². The van der Waals surface area contributed by atoms with E-state index in [1.54, 1.807) is 12.3 Å². The summed E-state index contributed by atoms with van der Waals surface area (Å²) in [5, 5.41) is 14.7. The van der Waals surface area contributed by atoms with E-state index in [1.807, 2.05) is 24.3 Å². The minimum absolute atomic E-state index is 0.0707. The van der Waals surface area contributed by atoms with Crippen LogP contribution in [0.5, 0.6) is 5.75 Å². The van der Waals surface area contributed by atoms with Crippen LogP contribution in [0.3, 0.4) is 0 Å². The van der Waals surface area contributed by atoms with E-state index in [0.29, 0.717) is 5.92 Å². The van der Waals surface area contributed by atoms with Crippen molar-refractivity contribution >= 4 is 28.2 Å². The number of para-hydroxylation sites is 1. The van der Waals surface area contributed by atoms with Crippen molar-refractivity contribution in [2.45, 2.75) is 44.1 Å². The van der Waals surface area contributed by atoms with Crippen LogP contribution >= 0.6 is 11.6 Å². The van der Waals surface area contributed by atoms with Gasteiger partial charge in [0.2, 0.25) is 0 Å². The Labute approximate surface area is 193 Å². The van der Waals surface area contributed by atoms with Crippen LogP contribution < -0.4 is 5.32 Å². The Morgan fingerprint density at radius 2 is 2.00 bits per heavy atom. The second-order valence-electron chi connectivity index (χ2n) is 9.17. The van der Waals surface area contributed by atoms with Gasteiger partial charge in [-0.05, 0) is 74.9 Å². The predicted octanol–water partition coefficient (Wildman–Crippen LogP) is 5.99. The smallest absolute Gasteiger partial charge is 0.170 e. The van der Waals surface area contributed by atoms with Gasteiger partial charge < -0.3 is 15.3 Å². The average Bonchev–Trinajstić information content (AvgIpc) is 3.31. The molecule has 1 radical (unpaired) electrons. The van der Waals surface area contributed by atoms with E-state index in [9.17, 15) is 9.50 Å². The van der Waals surface area contributed by atoms with Crippen molar-refractivity contribution in [3.63, 3.8) is 0 Å². The Hall–Kier alpha value is -2.37.